The number of fused-ring (bicyclic) bond motifs is 5. The highest BCUT2D eigenvalue weighted by atomic mass is 16.7. The third-order valence-electron chi connectivity index (χ3n) is 16.2. The molecular formula is C41H70O13. The number of rotatable bonds is 9. The molecule has 4 saturated carbocycles. The second-order valence-electron chi connectivity index (χ2n) is 19.8. The number of aliphatic hydroxyl groups is 9. The fourth-order valence-corrected chi connectivity index (χ4v) is 13.1. The molecule has 2 heterocycles. The predicted octanol–water partition coefficient (Wildman–Crippen LogP) is 1.76. The molecule has 16 unspecified atom stereocenters. The van der Waals surface area contributed by atoms with Gasteiger partial charge in [-0.25, -0.2) is 0 Å². The van der Waals surface area contributed by atoms with Crippen molar-refractivity contribution in [1.29, 1.82) is 0 Å². The van der Waals surface area contributed by atoms with Gasteiger partial charge in [-0.05, 0) is 117 Å². The molecule has 0 amide bonds. The second-order valence-corrected chi connectivity index (χ2v) is 19.8. The predicted molar refractivity (Wildman–Crippen MR) is 196 cm³/mol. The van der Waals surface area contributed by atoms with Crippen molar-refractivity contribution in [2.45, 2.75) is 186 Å². The zero-order chi connectivity index (χ0) is 39.9. The molecule has 54 heavy (non-hydrogen) atoms. The lowest BCUT2D eigenvalue weighted by Gasteiger charge is -2.71. The van der Waals surface area contributed by atoms with Crippen LogP contribution in [-0.4, -0.2) is 138 Å². The maximum Gasteiger partial charge on any atom is 0.187 e. The Balaban J connectivity index is 1.27. The van der Waals surface area contributed by atoms with Gasteiger partial charge in [-0.1, -0.05) is 46.3 Å². The Morgan fingerprint density at radius 2 is 1.44 bits per heavy atom. The number of hydrogen-bond donors (Lipinski definition) is 9. The van der Waals surface area contributed by atoms with Gasteiger partial charge in [0.1, 0.15) is 42.7 Å². The van der Waals surface area contributed by atoms with Crippen molar-refractivity contribution < 1.29 is 64.9 Å². The van der Waals surface area contributed by atoms with Gasteiger partial charge in [0.05, 0.1) is 37.1 Å². The first-order valence-corrected chi connectivity index (χ1v) is 20.4. The van der Waals surface area contributed by atoms with E-state index in [-0.39, 0.29) is 53.1 Å². The molecule has 6 fully saturated rings. The van der Waals surface area contributed by atoms with Crippen LogP contribution in [0.25, 0.3) is 0 Å². The highest BCUT2D eigenvalue weighted by molar-refractivity contribution is 5.22. The van der Waals surface area contributed by atoms with Gasteiger partial charge in [0.15, 0.2) is 12.6 Å². The second kappa shape index (κ2) is 15.1. The number of hydrogen-bond acceptors (Lipinski definition) is 13. The maximum absolute atomic E-state index is 12.4. The van der Waals surface area contributed by atoms with Crippen molar-refractivity contribution in [3.05, 3.63) is 11.6 Å². The molecule has 6 rings (SSSR count). The highest BCUT2D eigenvalue weighted by Gasteiger charge is 2.73. The summed E-state index contributed by atoms with van der Waals surface area (Å²) in [7, 11) is 0. The average Bonchev–Trinajstić information content (AvgIpc) is 3.47. The summed E-state index contributed by atoms with van der Waals surface area (Å²) in [6, 6.07) is 0. The molecule has 0 bridgehead atoms. The highest BCUT2D eigenvalue weighted by Crippen LogP contribution is 2.76. The van der Waals surface area contributed by atoms with E-state index in [1.165, 1.54) is 0 Å². The van der Waals surface area contributed by atoms with Crippen LogP contribution in [0.1, 0.15) is 107 Å². The van der Waals surface area contributed by atoms with Gasteiger partial charge in [0, 0.05) is 0 Å². The van der Waals surface area contributed by atoms with Gasteiger partial charge in [0.25, 0.3) is 0 Å². The van der Waals surface area contributed by atoms with Crippen LogP contribution in [-0.2, 0) is 18.9 Å². The molecule has 4 aliphatic carbocycles. The first kappa shape index (κ1) is 42.8. The lowest BCUT2D eigenvalue weighted by molar-refractivity contribution is -0.346. The Morgan fingerprint density at radius 3 is 2.11 bits per heavy atom. The lowest BCUT2D eigenvalue weighted by atomic mass is 9.34. The van der Waals surface area contributed by atoms with Gasteiger partial charge in [-0.15, -0.1) is 0 Å². The fourth-order valence-electron chi connectivity index (χ4n) is 13.1. The van der Waals surface area contributed by atoms with E-state index in [1.54, 1.807) is 0 Å². The van der Waals surface area contributed by atoms with Crippen molar-refractivity contribution in [2.75, 3.05) is 13.2 Å². The van der Waals surface area contributed by atoms with Crippen LogP contribution in [0.4, 0.5) is 0 Å². The van der Waals surface area contributed by atoms with Crippen LogP contribution in [0.5, 0.6) is 0 Å². The number of ether oxygens (including phenoxy) is 4. The molecule has 0 spiro atoms. The van der Waals surface area contributed by atoms with Crippen molar-refractivity contribution in [1.82, 2.24) is 0 Å². The van der Waals surface area contributed by atoms with E-state index in [0.717, 1.165) is 24.8 Å². The minimum absolute atomic E-state index is 0.109. The number of aliphatic hydroxyl groups excluding tert-OH is 9. The molecule has 13 heteroatoms. The third kappa shape index (κ3) is 6.86. The number of allylic oxidation sites excluding steroid dienone is 2. The molecule has 0 aromatic heterocycles. The summed E-state index contributed by atoms with van der Waals surface area (Å²) >= 11 is 0. The van der Waals surface area contributed by atoms with E-state index in [2.05, 4.69) is 40.7 Å². The summed E-state index contributed by atoms with van der Waals surface area (Å²) in [6.07, 6.45) is -7.53. The average molecular weight is 771 g/mol. The summed E-state index contributed by atoms with van der Waals surface area (Å²) in [4.78, 5) is 0. The van der Waals surface area contributed by atoms with Crippen LogP contribution in [0.2, 0.25) is 0 Å². The molecule has 312 valence electrons. The van der Waals surface area contributed by atoms with Crippen molar-refractivity contribution >= 4 is 0 Å². The minimum Gasteiger partial charge on any atom is -0.393 e. The first-order chi connectivity index (χ1) is 25.0. The van der Waals surface area contributed by atoms with E-state index in [9.17, 15) is 46.0 Å². The molecule has 9 N–H and O–H groups in total. The normalized spacial score (nSPS) is 52.8. The summed E-state index contributed by atoms with van der Waals surface area (Å²) in [5.74, 6) is -0.398. The minimum atomic E-state index is -1.66. The van der Waals surface area contributed by atoms with E-state index >= 15 is 0 Å². The van der Waals surface area contributed by atoms with Crippen LogP contribution >= 0.6 is 0 Å². The Morgan fingerprint density at radius 1 is 0.778 bits per heavy atom. The zero-order valence-corrected chi connectivity index (χ0v) is 33.5. The van der Waals surface area contributed by atoms with Gasteiger partial charge < -0.3 is 64.9 Å². The van der Waals surface area contributed by atoms with Gasteiger partial charge in [0.2, 0.25) is 0 Å². The Labute approximate surface area is 320 Å². The van der Waals surface area contributed by atoms with Crippen LogP contribution < -0.4 is 0 Å². The van der Waals surface area contributed by atoms with Crippen LogP contribution in [0.15, 0.2) is 11.6 Å². The molecule has 2 saturated heterocycles. The zero-order valence-electron chi connectivity index (χ0n) is 33.5. The molecule has 0 aromatic carbocycles. The standard InChI is InChI=1S/C41H70O13/c1-20(2)10-9-13-41(8,54-36-33(50)31(48)30(47)25(53-36)19-52-35-32(49)29(46)24(44)18-51-35)21-11-15-39(6)28(21)22(42)16-26-38(5)14-12-27(45)37(3,4)34(38)23(43)17-40(26,39)7/h10,21-36,42-50H,9,11-19H2,1-8H3/t21?,22?,23?,24?,25?,26?,27?,28?,29?,30?,31?,32?,33?,34?,35?,36?,38-,39-,40-,41+/m1/s1. The van der Waals surface area contributed by atoms with Gasteiger partial charge in [-0.2, -0.15) is 0 Å². The summed E-state index contributed by atoms with van der Waals surface area (Å²) in [5.41, 5.74) is -1.30. The van der Waals surface area contributed by atoms with Crippen molar-refractivity contribution in [3.63, 3.8) is 0 Å². The molecule has 0 aromatic rings. The van der Waals surface area contributed by atoms with E-state index in [4.69, 9.17) is 18.9 Å². The monoisotopic (exact) mass is 770 g/mol. The Bertz CT molecular complexity index is 1360. The topological polar surface area (TPSA) is 219 Å². The molecule has 0 radical (unpaired) electrons. The van der Waals surface area contributed by atoms with Crippen LogP contribution in [0.3, 0.4) is 0 Å². The Kier molecular flexibility index (Phi) is 12.0. The molecular weight excluding hydrogens is 700 g/mol. The largest absolute Gasteiger partial charge is 0.393 e. The summed E-state index contributed by atoms with van der Waals surface area (Å²) in [6.45, 7) is 16.4. The van der Waals surface area contributed by atoms with E-state index in [0.29, 0.717) is 32.1 Å². The van der Waals surface area contributed by atoms with Gasteiger partial charge in [-0.3, -0.25) is 0 Å². The molecule has 6 aliphatic rings. The Hall–Kier alpha value is -0.780. The summed E-state index contributed by atoms with van der Waals surface area (Å²) < 4.78 is 24.0. The fraction of sp³-hybridized carbons (Fsp3) is 0.951. The quantitative estimate of drug-likeness (QED) is 0.153. The first-order valence-electron chi connectivity index (χ1n) is 20.4. The van der Waals surface area contributed by atoms with E-state index in [1.807, 2.05) is 20.8 Å². The summed E-state index contributed by atoms with van der Waals surface area (Å²) in [5, 5.41) is 99.1. The van der Waals surface area contributed by atoms with Crippen LogP contribution in [0, 0.1) is 45.3 Å². The molecule has 20 atom stereocenters. The lowest BCUT2D eigenvalue weighted by Crippen LogP contribution is -2.70. The maximum atomic E-state index is 12.4. The van der Waals surface area contributed by atoms with Gasteiger partial charge >= 0.3 is 0 Å². The van der Waals surface area contributed by atoms with Crippen molar-refractivity contribution in [3.8, 4) is 0 Å². The third-order valence-corrected chi connectivity index (χ3v) is 16.2. The molecule has 2 aliphatic heterocycles. The van der Waals surface area contributed by atoms with E-state index < -0.39 is 84.6 Å². The SMILES string of the molecule is CC(C)=CCC[C@](C)(OC1OC(COC2OCC(O)C(O)C2O)C(O)C(O)C1O)C1CC[C@]2(C)C1C(O)CC1[C@@]3(C)CCC(O)C(C)(C)C3C(O)C[C@]12C. The smallest absolute Gasteiger partial charge is 0.187 e. The molecule has 13 nitrogen and oxygen atoms in total. The van der Waals surface area contributed by atoms with Crippen molar-refractivity contribution in [2.24, 2.45) is 45.3 Å².